The summed E-state index contributed by atoms with van der Waals surface area (Å²) in [5.74, 6) is -2.01. The molecule has 0 atom stereocenters. The molecular formula is C17H13F2N3OS. The number of aromatic nitrogens is 2. The summed E-state index contributed by atoms with van der Waals surface area (Å²) in [7, 11) is 0. The van der Waals surface area contributed by atoms with Crippen molar-refractivity contribution >= 4 is 17.4 Å². The fourth-order valence-corrected chi connectivity index (χ4v) is 2.93. The monoisotopic (exact) mass is 345 g/mol. The molecule has 1 aromatic heterocycles. The van der Waals surface area contributed by atoms with Gasteiger partial charge in [-0.2, -0.15) is 4.98 Å². The smallest absolute Gasteiger partial charge is 0.239 e. The number of nitrogens with two attached hydrogens (primary N) is 1. The van der Waals surface area contributed by atoms with Crippen LogP contribution in [0.15, 0.2) is 53.7 Å². The van der Waals surface area contributed by atoms with Crippen LogP contribution in [0.2, 0.25) is 0 Å². The second-order valence-electron chi connectivity index (χ2n) is 4.96. The molecule has 0 amide bonds. The largest absolute Gasteiger partial charge is 0.492 e. The van der Waals surface area contributed by atoms with E-state index in [1.54, 1.807) is 12.1 Å². The number of benzene rings is 2. The first-order chi connectivity index (χ1) is 11.6. The molecule has 0 unspecified atom stereocenters. The Morgan fingerprint density at radius 3 is 2.50 bits per heavy atom. The lowest BCUT2D eigenvalue weighted by Crippen LogP contribution is -1.99. The topological polar surface area (TPSA) is 72.0 Å². The van der Waals surface area contributed by atoms with Crippen LogP contribution in [0, 0.1) is 11.6 Å². The van der Waals surface area contributed by atoms with Crippen molar-refractivity contribution in [3.8, 4) is 17.1 Å². The third kappa shape index (κ3) is 3.30. The summed E-state index contributed by atoms with van der Waals surface area (Å²) >= 11 is 1.08. The average Bonchev–Trinajstić information content (AvgIpc) is 2.60. The van der Waals surface area contributed by atoms with E-state index in [4.69, 9.17) is 5.73 Å². The predicted molar refractivity (Wildman–Crippen MR) is 89.5 cm³/mol. The van der Waals surface area contributed by atoms with Crippen molar-refractivity contribution in [2.24, 2.45) is 0 Å². The van der Waals surface area contributed by atoms with Gasteiger partial charge < -0.3 is 10.8 Å². The van der Waals surface area contributed by atoms with Crippen LogP contribution in [-0.2, 0) is 5.75 Å². The maximum atomic E-state index is 13.7. The van der Waals surface area contributed by atoms with E-state index in [9.17, 15) is 13.9 Å². The van der Waals surface area contributed by atoms with Crippen molar-refractivity contribution < 1.29 is 13.9 Å². The van der Waals surface area contributed by atoms with Crippen molar-refractivity contribution in [1.29, 1.82) is 0 Å². The summed E-state index contributed by atoms with van der Waals surface area (Å²) < 4.78 is 26.9. The Hall–Kier alpha value is -2.67. The third-order valence-electron chi connectivity index (χ3n) is 3.34. The number of thioether (sulfide) groups is 1. The Kier molecular flexibility index (Phi) is 4.61. The van der Waals surface area contributed by atoms with Gasteiger partial charge >= 0.3 is 0 Å². The summed E-state index contributed by atoms with van der Waals surface area (Å²) in [5.41, 5.74) is 7.23. The molecule has 0 bridgehead atoms. The number of halogens is 2. The molecule has 1 heterocycles. The van der Waals surface area contributed by atoms with Crippen LogP contribution in [0.5, 0.6) is 5.88 Å². The highest BCUT2D eigenvalue weighted by Crippen LogP contribution is 2.33. The van der Waals surface area contributed by atoms with Crippen LogP contribution in [0.25, 0.3) is 11.3 Å². The second-order valence-corrected chi connectivity index (χ2v) is 5.90. The van der Waals surface area contributed by atoms with Gasteiger partial charge in [-0.1, -0.05) is 54.2 Å². The van der Waals surface area contributed by atoms with E-state index < -0.39 is 11.6 Å². The molecule has 0 saturated carbocycles. The zero-order valence-electron chi connectivity index (χ0n) is 12.4. The van der Waals surface area contributed by atoms with E-state index in [2.05, 4.69) is 9.97 Å². The first-order valence-electron chi connectivity index (χ1n) is 7.04. The Labute approximate surface area is 141 Å². The first-order valence-corrected chi connectivity index (χ1v) is 8.02. The third-order valence-corrected chi connectivity index (χ3v) is 4.24. The molecule has 7 heteroatoms. The zero-order valence-corrected chi connectivity index (χ0v) is 13.2. The number of rotatable bonds is 4. The summed E-state index contributed by atoms with van der Waals surface area (Å²) in [4.78, 5) is 8.21. The quantitative estimate of drug-likeness (QED) is 0.552. The lowest BCUT2D eigenvalue weighted by atomic mass is 10.1. The van der Waals surface area contributed by atoms with Gasteiger partial charge in [0, 0.05) is 16.9 Å². The fraction of sp³-hybridized carbons (Fsp3) is 0.0588. The Balaban J connectivity index is 1.89. The SMILES string of the molecule is Nc1c(O)nc(SCc2cccc(F)c2F)nc1-c1ccccc1. The maximum absolute atomic E-state index is 13.7. The van der Waals surface area contributed by atoms with Crippen LogP contribution < -0.4 is 5.73 Å². The Morgan fingerprint density at radius 1 is 1.00 bits per heavy atom. The minimum absolute atomic E-state index is 0.0717. The van der Waals surface area contributed by atoms with Crippen molar-refractivity contribution in [2.75, 3.05) is 5.73 Å². The lowest BCUT2D eigenvalue weighted by Gasteiger charge is -2.09. The summed E-state index contributed by atoms with van der Waals surface area (Å²) in [6.45, 7) is 0. The van der Waals surface area contributed by atoms with Gasteiger partial charge in [0.25, 0.3) is 0 Å². The summed E-state index contributed by atoms with van der Waals surface area (Å²) in [6, 6.07) is 13.1. The number of anilines is 1. The van der Waals surface area contributed by atoms with E-state index in [0.29, 0.717) is 5.69 Å². The molecular weight excluding hydrogens is 332 g/mol. The number of hydrogen-bond donors (Lipinski definition) is 2. The van der Waals surface area contributed by atoms with Crippen LogP contribution in [-0.4, -0.2) is 15.1 Å². The van der Waals surface area contributed by atoms with E-state index in [1.165, 1.54) is 12.1 Å². The summed E-state index contributed by atoms with van der Waals surface area (Å²) in [5, 5.41) is 10.1. The van der Waals surface area contributed by atoms with Crippen molar-refractivity contribution in [1.82, 2.24) is 9.97 Å². The van der Waals surface area contributed by atoms with Gasteiger partial charge in [0.15, 0.2) is 16.8 Å². The maximum Gasteiger partial charge on any atom is 0.239 e. The summed E-state index contributed by atoms with van der Waals surface area (Å²) in [6.07, 6.45) is 0. The highest BCUT2D eigenvalue weighted by atomic mass is 32.2. The van der Waals surface area contributed by atoms with Gasteiger partial charge in [0.05, 0.1) is 0 Å². The Bertz CT molecular complexity index is 875. The molecule has 0 aliphatic rings. The molecule has 122 valence electrons. The average molecular weight is 345 g/mol. The predicted octanol–water partition coefficient (Wildman–Crippen LogP) is 4.00. The van der Waals surface area contributed by atoms with E-state index in [1.807, 2.05) is 18.2 Å². The molecule has 0 aliphatic heterocycles. The van der Waals surface area contributed by atoms with E-state index >= 15 is 0 Å². The second kappa shape index (κ2) is 6.84. The minimum atomic E-state index is -0.904. The van der Waals surface area contributed by atoms with E-state index in [0.717, 1.165) is 23.4 Å². The highest BCUT2D eigenvalue weighted by molar-refractivity contribution is 7.98. The molecule has 3 N–H and O–H groups in total. The van der Waals surface area contributed by atoms with Crippen molar-refractivity contribution in [2.45, 2.75) is 10.9 Å². The van der Waals surface area contributed by atoms with Crippen molar-refractivity contribution in [3.05, 3.63) is 65.7 Å². The Morgan fingerprint density at radius 2 is 1.75 bits per heavy atom. The molecule has 4 nitrogen and oxygen atoms in total. The minimum Gasteiger partial charge on any atom is -0.492 e. The molecule has 2 aromatic carbocycles. The van der Waals surface area contributed by atoms with Gasteiger partial charge in [0.2, 0.25) is 5.88 Å². The zero-order chi connectivity index (χ0) is 17.1. The number of nitrogens with zero attached hydrogens (tertiary/aromatic N) is 2. The van der Waals surface area contributed by atoms with E-state index in [-0.39, 0.29) is 28.0 Å². The van der Waals surface area contributed by atoms with Gasteiger partial charge in [-0.15, -0.1) is 0 Å². The van der Waals surface area contributed by atoms with Gasteiger partial charge in [0.1, 0.15) is 11.4 Å². The highest BCUT2D eigenvalue weighted by Gasteiger charge is 2.14. The molecule has 0 spiro atoms. The lowest BCUT2D eigenvalue weighted by molar-refractivity contribution is 0.449. The van der Waals surface area contributed by atoms with Crippen LogP contribution in [0.1, 0.15) is 5.56 Å². The molecule has 3 rings (SSSR count). The van der Waals surface area contributed by atoms with Crippen LogP contribution >= 0.6 is 11.8 Å². The molecule has 0 radical (unpaired) electrons. The molecule has 24 heavy (non-hydrogen) atoms. The fourth-order valence-electron chi connectivity index (χ4n) is 2.12. The standard InChI is InChI=1S/C17H13F2N3OS/c18-12-8-4-7-11(13(12)19)9-24-17-21-15(14(20)16(23)22-17)10-5-2-1-3-6-10/h1-8H,9,20H2,(H,21,22,23). The number of hydrogen-bond acceptors (Lipinski definition) is 5. The molecule has 0 fully saturated rings. The van der Waals surface area contributed by atoms with Gasteiger partial charge in [-0.05, 0) is 6.07 Å². The normalized spacial score (nSPS) is 10.8. The number of aromatic hydroxyl groups is 1. The van der Waals surface area contributed by atoms with Gasteiger partial charge in [-0.3, -0.25) is 0 Å². The molecule has 0 aliphatic carbocycles. The molecule has 0 saturated heterocycles. The van der Waals surface area contributed by atoms with Crippen LogP contribution in [0.4, 0.5) is 14.5 Å². The van der Waals surface area contributed by atoms with Crippen molar-refractivity contribution in [3.63, 3.8) is 0 Å². The first kappa shape index (κ1) is 16.2. The molecule has 3 aromatic rings. The van der Waals surface area contributed by atoms with Crippen LogP contribution in [0.3, 0.4) is 0 Å². The van der Waals surface area contributed by atoms with Gasteiger partial charge in [-0.25, -0.2) is 13.8 Å². The number of nitrogen functional groups attached to an aromatic ring is 1.